The topological polar surface area (TPSA) is 30.9 Å². The smallest absolute Gasteiger partial charge is 0.198 e. The second-order valence-electron chi connectivity index (χ2n) is 6.55. The lowest BCUT2D eigenvalue weighted by Crippen LogP contribution is -2.40. The third kappa shape index (κ3) is 5.92. The number of nitrogens with one attached hydrogen (secondary N) is 1. The molecule has 0 amide bonds. The molecule has 0 unspecified atom stereocenters. The van der Waals surface area contributed by atoms with E-state index in [1.165, 1.54) is 17.7 Å². The van der Waals surface area contributed by atoms with Crippen molar-refractivity contribution in [3.63, 3.8) is 0 Å². The Morgan fingerprint density at radius 3 is 2.75 bits per heavy atom. The number of fused-ring (bicyclic) bond motifs is 1. The number of guanidine groups is 1. The Hall–Kier alpha value is -0.820. The number of anilines is 1. The Balaban J connectivity index is 0.00000288. The van der Waals surface area contributed by atoms with Gasteiger partial charge in [-0.3, -0.25) is 4.99 Å². The van der Waals surface area contributed by atoms with E-state index >= 15 is 0 Å². The van der Waals surface area contributed by atoms with Gasteiger partial charge in [-0.15, -0.1) is 24.0 Å². The van der Waals surface area contributed by atoms with Crippen LogP contribution in [0, 0.1) is 0 Å². The third-order valence-corrected chi connectivity index (χ3v) is 4.54. The molecule has 0 fully saturated rings. The zero-order valence-corrected chi connectivity index (χ0v) is 17.9. The van der Waals surface area contributed by atoms with Crippen LogP contribution < -0.4 is 10.2 Å². The van der Waals surface area contributed by atoms with Crippen molar-refractivity contribution in [1.82, 2.24) is 10.2 Å². The predicted octanol–water partition coefficient (Wildman–Crippen LogP) is 3.75. The Bertz CT molecular complexity index is 516. The molecule has 24 heavy (non-hydrogen) atoms. The summed E-state index contributed by atoms with van der Waals surface area (Å²) in [5.41, 5.74) is 2.74. The Morgan fingerprint density at radius 2 is 2.04 bits per heavy atom. The van der Waals surface area contributed by atoms with Crippen molar-refractivity contribution in [3.05, 3.63) is 29.8 Å². The average Bonchev–Trinajstić information content (AvgIpc) is 2.97. The molecule has 1 aliphatic rings. The molecule has 0 saturated heterocycles. The third-order valence-electron chi connectivity index (χ3n) is 4.54. The van der Waals surface area contributed by atoms with Crippen LogP contribution in [0.25, 0.3) is 0 Å². The normalized spacial score (nSPS) is 14.1. The van der Waals surface area contributed by atoms with Gasteiger partial charge in [-0.2, -0.15) is 0 Å². The maximum atomic E-state index is 4.85. The van der Waals surface area contributed by atoms with Gasteiger partial charge in [-0.1, -0.05) is 18.2 Å². The van der Waals surface area contributed by atoms with E-state index in [0.717, 1.165) is 45.0 Å². The molecule has 1 aromatic rings. The average molecular weight is 444 g/mol. The molecule has 1 aromatic carbocycles. The highest BCUT2D eigenvalue weighted by Crippen LogP contribution is 2.27. The van der Waals surface area contributed by atoms with Crippen LogP contribution in [0.2, 0.25) is 0 Å². The standard InChI is InChI=1S/C19H32N4.HI/c1-5-20-19(21-13-8-9-14-22(4)16(2)3)23-15-12-17-10-6-7-11-18(17)23;/h6-7,10-11,16H,5,8-9,12-15H2,1-4H3,(H,20,21);1H. The molecule has 0 aliphatic carbocycles. The summed E-state index contributed by atoms with van der Waals surface area (Å²) < 4.78 is 0. The van der Waals surface area contributed by atoms with Crippen LogP contribution >= 0.6 is 24.0 Å². The number of unbranched alkanes of at least 4 members (excludes halogenated alkanes) is 1. The summed E-state index contributed by atoms with van der Waals surface area (Å²) in [5.74, 6) is 1.04. The van der Waals surface area contributed by atoms with Crippen molar-refractivity contribution in [2.45, 2.75) is 46.1 Å². The van der Waals surface area contributed by atoms with Crippen molar-refractivity contribution in [2.75, 3.05) is 38.1 Å². The van der Waals surface area contributed by atoms with Crippen LogP contribution in [0.1, 0.15) is 39.2 Å². The molecule has 0 aromatic heterocycles. The van der Waals surface area contributed by atoms with Crippen LogP contribution in [-0.4, -0.2) is 50.1 Å². The number of benzene rings is 1. The van der Waals surface area contributed by atoms with Gasteiger partial charge in [-0.25, -0.2) is 0 Å². The minimum atomic E-state index is 0. The van der Waals surface area contributed by atoms with E-state index in [1.54, 1.807) is 0 Å². The van der Waals surface area contributed by atoms with Crippen molar-refractivity contribution in [2.24, 2.45) is 4.99 Å². The zero-order valence-electron chi connectivity index (χ0n) is 15.6. The van der Waals surface area contributed by atoms with Crippen LogP contribution in [-0.2, 0) is 6.42 Å². The van der Waals surface area contributed by atoms with Gasteiger partial charge < -0.3 is 15.1 Å². The molecule has 1 N–H and O–H groups in total. The lowest BCUT2D eigenvalue weighted by Gasteiger charge is -2.22. The zero-order chi connectivity index (χ0) is 16.7. The molecule has 1 aliphatic heterocycles. The van der Waals surface area contributed by atoms with Crippen LogP contribution in [0.5, 0.6) is 0 Å². The fourth-order valence-corrected chi connectivity index (χ4v) is 2.87. The minimum Gasteiger partial charge on any atom is -0.356 e. The first-order chi connectivity index (χ1) is 11.1. The molecule has 0 radical (unpaired) electrons. The maximum Gasteiger partial charge on any atom is 0.198 e. The molecule has 1 heterocycles. The summed E-state index contributed by atoms with van der Waals surface area (Å²) in [4.78, 5) is 9.58. The summed E-state index contributed by atoms with van der Waals surface area (Å²) >= 11 is 0. The van der Waals surface area contributed by atoms with Crippen LogP contribution in [0.3, 0.4) is 0 Å². The van der Waals surface area contributed by atoms with Gasteiger partial charge in [0.1, 0.15) is 0 Å². The van der Waals surface area contributed by atoms with Crippen molar-refractivity contribution in [1.29, 1.82) is 0 Å². The number of rotatable bonds is 7. The first-order valence-electron chi connectivity index (χ1n) is 8.97. The highest BCUT2D eigenvalue weighted by atomic mass is 127. The second kappa shape index (κ2) is 10.9. The molecule has 0 saturated carbocycles. The monoisotopic (exact) mass is 444 g/mol. The Morgan fingerprint density at radius 1 is 1.29 bits per heavy atom. The van der Waals surface area contributed by atoms with E-state index in [9.17, 15) is 0 Å². The van der Waals surface area contributed by atoms with E-state index in [-0.39, 0.29) is 24.0 Å². The van der Waals surface area contributed by atoms with E-state index in [4.69, 9.17) is 4.99 Å². The second-order valence-corrected chi connectivity index (χ2v) is 6.55. The minimum absolute atomic E-state index is 0. The summed E-state index contributed by atoms with van der Waals surface area (Å²) in [6.07, 6.45) is 3.45. The van der Waals surface area contributed by atoms with Crippen molar-refractivity contribution >= 4 is 35.6 Å². The van der Waals surface area contributed by atoms with E-state index < -0.39 is 0 Å². The SMILES string of the molecule is CCNC(=NCCCCN(C)C(C)C)N1CCc2ccccc21.I. The van der Waals surface area contributed by atoms with Gasteiger partial charge in [0.05, 0.1) is 0 Å². The summed E-state index contributed by atoms with van der Waals surface area (Å²) in [7, 11) is 2.19. The van der Waals surface area contributed by atoms with Gasteiger partial charge in [0, 0.05) is 31.4 Å². The van der Waals surface area contributed by atoms with E-state index in [2.05, 4.69) is 67.2 Å². The first-order valence-corrected chi connectivity index (χ1v) is 8.97. The highest BCUT2D eigenvalue weighted by Gasteiger charge is 2.22. The molecule has 5 heteroatoms. The van der Waals surface area contributed by atoms with Gasteiger partial charge in [0.15, 0.2) is 5.96 Å². The number of halogens is 1. The fourth-order valence-electron chi connectivity index (χ4n) is 2.87. The van der Waals surface area contributed by atoms with E-state index in [0.29, 0.717) is 6.04 Å². The number of aliphatic imine (C=N–C) groups is 1. The molecule has 2 rings (SSSR count). The summed E-state index contributed by atoms with van der Waals surface area (Å²) in [6, 6.07) is 9.28. The molecule has 0 bridgehead atoms. The molecular weight excluding hydrogens is 411 g/mol. The van der Waals surface area contributed by atoms with Crippen LogP contribution in [0.4, 0.5) is 5.69 Å². The number of hydrogen-bond acceptors (Lipinski definition) is 2. The fraction of sp³-hybridized carbons (Fsp3) is 0.632. The lowest BCUT2D eigenvalue weighted by atomic mass is 10.2. The molecule has 0 spiro atoms. The number of para-hydroxylation sites is 1. The van der Waals surface area contributed by atoms with Gasteiger partial charge in [0.25, 0.3) is 0 Å². The number of hydrogen-bond donors (Lipinski definition) is 1. The largest absolute Gasteiger partial charge is 0.356 e. The maximum absolute atomic E-state index is 4.85. The molecule has 0 atom stereocenters. The van der Waals surface area contributed by atoms with E-state index in [1.807, 2.05) is 0 Å². The molecule has 4 nitrogen and oxygen atoms in total. The Kier molecular flexibility index (Phi) is 9.66. The molecular formula is C19H33IN4. The van der Waals surface area contributed by atoms with Gasteiger partial charge in [-0.05, 0) is 65.3 Å². The Labute approximate surface area is 164 Å². The van der Waals surface area contributed by atoms with Gasteiger partial charge >= 0.3 is 0 Å². The lowest BCUT2D eigenvalue weighted by molar-refractivity contribution is 0.269. The van der Waals surface area contributed by atoms with Crippen LogP contribution in [0.15, 0.2) is 29.3 Å². The summed E-state index contributed by atoms with van der Waals surface area (Å²) in [6.45, 7) is 10.6. The van der Waals surface area contributed by atoms with Crippen molar-refractivity contribution in [3.8, 4) is 0 Å². The predicted molar refractivity (Wildman–Crippen MR) is 116 cm³/mol. The quantitative estimate of drug-likeness (QED) is 0.301. The first kappa shape index (κ1) is 21.2. The highest BCUT2D eigenvalue weighted by molar-refractivity contribution is 14.0. The van der Waals surface area contributed by atoms with Gasteiger partial charge in [0.2, 0.25) is 0 Å². The summed E-state index contributed by atoms with van der Waals surface area (Å²) in [5, 5.41) is 3.45. The van der Waals surface area contributed by atoms with Crippen molar-refractivity contribution < 1.29 is 0 Å². The molecule has 136 valence electrons. The number of nitrogens with zero attached hydrogens (tertiary/aromatic N) is 3.